The van der Waals surface area contributed by atoms with Crippen LogP contribution in [0.15, 0.2) is 27.5 Å². The summed E-state index contributed by atoms with van der Waals surface area (Å²) in [6.45, 7) is 6.36. The fourth-order valence-electron chi connectivity index (χ4n) is 1.64. The molecule has 0 bridgehead atoms. The van der Waals surface area contributed by atoms with Gasteiger partial charge in [0.1, 0.15) is 0 Å². The van der Waals surface area contributed by atoms with Crippen molar-refractivity contribution in [3.8, 4) is 0 Å². The lowest BCUT2D eigenvalue weighted by Gasteiger charge is -2.04. The molecule has 20 heavy (non-hydrogen) atoms. The van der Waals surface area contributed by atoms with Crippen LogP contribution in [0.1, 0.15) is 25.8 Å². The smallest absolute Gasteiger partial charge is 0.313 e. The van der Waals surface area contributed by atoms with Gasteiger partial charge in [0, 0.05) is 31.0 Å². The lowest BCUT2D eigenvalue weighted by molar-refractivity contribution is 0.603. The van der Waals surface area contributed by atoms with Crippen molar-refractivity contribution < 1.29 is 0 Å². The van der Waals surface area contributed by atoms with Gasteiger partial charge in [-0.2, -0.15) is 0 Å². The van der Waals surface area contributed by atoms with E-state index in [2.05, 4.69) is 32.4 Å². The lowest BCUT2D eigenvalue weighted by atomic mass is 10.3. The van der Waals surface area contributed by atoms with Gasteiger partial charge in [0.15, 0.2) is 10.3 Å². The molecule has 0 aliphatic carbocycles. The summed E-state index contributed by atoms with van der Waals surface area (Å²) < 4.78 is 1.60. The Morgan fingerprint density at radius 1 is 1.35 bits per heavy atom. The van der Waals surface area contributed by atoms with Crippen molar-refractivity contribution in [2.45, 2.75) is 43.7 Å². The molecule has 2 rings (SSSR count). The average Bonchev–Trinajstić information content (AvgIpc) is 2.80. The highest BCUT2D eigenvalue weighted by Crippen LogP contribution is 2.20. The minimum Gasteiger partial charge on any atom is -0.313 e. The van der Waals surface area contributed by atoms with Gasteiger partial charge in [0.05, 0.1) is 0 Å². The summed E-state index contributed by atoms with van der Waals surface area (Å²) in [7, 11) is 0. The number of hydrogen-bond donors (Lipinski definition) is 2. The SMILES string of the molecule is CCCn1c(Sc2ncc(CNCC)cn2)n[nH]c1=O. The summed E-state index contributed by atoms with van der Waals surface area (Å²) in [6, 6.07) is 0. The molecule has 2 N–H and O–H groups in total. The molecule has 2 aromatic heterocycles. The Kier molecular flexibility index (Phi) is 5.31. The fourth-order valence-corrected chi connectivity index (χ4v) is 2.39. The largest absolute Gasteiger partial charge is 0.343 e. The molecule has 0 aromatic carbocycles. The zero-order valence-corrected chi connectivity index (χ0v) is 12.4. The molecule has 0 aliphatic rings. The number of aromatic amines is 1. The molecule has 0 spiro atoms. The number of nitrogens with one attached hydrogen (secondary N) is 2. The average molecular weight is 294 g/mol. The summed E-state index contributed by atoms with van der Waals surface area (Å²) in [6.07, 6.45) is 4.44. The highest BCUT2D eigenvalue weighted by molar-refractivity contribution is 7.99. The third-order valence-electron chi connectivity index (χ3n) is 2.61. The van der Waals surface area contributed by atoms with Crippen LogP contribution in [0.4, 0.5) is 0 Å². The van der Waals surface area contributed by atoms with E-state index in [1.165, 1.54) is 11.8 Å². The van der Waals surface area contributed by atoms with Crippen LogP contribution < -0.4 is 11.0 Å². The minimum absolute atomic E-state index is 0.196. The summed E-state index contributed by atoms with van der Waals surface area (Å²) in [4.78, 5) is 20.1. The standard InChI is InChI=1S/C12H18N6OS/c1-3-5-18-11(19)16-17-12(18)20-10-14-7-9(8-15-10)6-13-4-2/h7-8,13H,3-6H2,1-2H3,(H,16,19). The van der Waals surface area contributed by atoms with Gasteiger partial charge in [-0.1, -0.05) is 13.8 Å². The van der Waals surface area contributed by atoms with Crippen LogP contribution in [-0.2, 0) is 13.1 Å². The number of nitrogens with zero attached hydrogens (tertiary/aromatic N) is 4. The second-order valence-corrected chi connectivity index (χ2v) is 5.15. The topological polar surface area (TPSA) is 88.5 Å². The van der Waals surface area contributed by atoms with Gasteiger partial charge < -0.3 is 5.32 Å². The molecule has 0 amide bonds. The second-order valence-electron chi connectivity index (χ2n) is 4.22. The van der Waals surface area contributed by atoms with E-state index in [4.69, 9.17) is 0 Å². The number of aromatic nitrogens is 5. The molecule has 0 atom stereocenters. The molecule has 0 fully saturated rings. The van der Waals surface area contributed by atoms with Crippen LogP contribution in [0.2, 0.25) is 0 Å². The molecule has 0 saturated carbocycles. The minimum atomic E-state index is -0.196. The van der Waals surface area contributed by atoms with Gasteiger partial charge in [-0.25, -0.2) is 19.9 Å². The normalized spacial score (nSPS) is 10.9. The Bertz CT molecular complexity index is 591. The van der Waals surface area contributed by atoms with Crippen molar-refractivity contribution in [1.29, 1.82) is 0 Å². The molecule has 2 aromatic rings. The highest BCUT2D eigenvalue weighted by Gasteiger charge is 2.10. The summed E-state index contributed by atoms with van der Waals surface area (Å²) >= 11 is 1.29. The molecular formula is C12H18N6OS. The predicted octanol–water partition coefficient (Wildman–Crippen LogP) is 1.03. The highest BCUT2D eigenvalue weighted by atomic mass is 32.2. The zero-order chi connectivity index (χ0) is 14.4. The van der Waals surface area contributed by atoms with Crippen molar-refractivity contribution in [3.63, 3.8) is 0 Å². The maximum Gasteiger partial charge on any atom is 0.343 e. The molecule has 0 unspecified atom stereocenters. The van der Waals surface area contributed by atoms with Crippen molar-refractivity contribution in [2.75, 3.05) is 6.54 Å². The van der Waals surface area contributed by atoms with Gasteiger partial charge in [0.25, 0.3) is 0 Å². The number of rotatable bonds is 7. The van der Waals surface area contributed by atoms with Crippen LogP contribution in [0.5, 0.6) is 0 Å². The van der Waals surface area contributed by atoms with Gasteiger partial charge in [0.2, 0.25) is 0 Å². The van der Waals surface area contributed by atoms with E-state index in [-0.39, 0.29) is 5.69 Å². The van der Waals surface area contributed by atoms with E-state index < -0.39 is 0 Å². The van der Waals surface area contributed by atoms with Gasteiger partial charge >= 0.3 is 5.69 Å². The summed E-state index contributed by atoms with van der Waals surface area (Å²) in [5, 5.41) is 10.8. The number of H-pyrrole nitrogens is 1. The van der Waals surface area contributed by atoms with Gasteiger partial charge in [-0.15, -0.1) is 5.10 Å². The van der Waals surface area contributed by atoms with E-state index in [0.29, 0.717) is 16.9 Å². The maximum absolute atomic E-state index is 11.6. The van der Waals surface area contributed by atoms with Crippen LogP contribution in [0.3, 0.4) is 0 Å². The third kappa shape index (κ3) is 3.67. The van der Waals surface area contributed by atoms with Crippen LogP contribution >= 0.6 is 11.8 Å². The van der Waals surface area contributed by atoms with E-state index >= 15 is 0 Å². The maximum atomic E-state index is 11.6. The van der Waals surface area contributed by atoms with E-state index in [1.54, 1.807) is 17.0 Å². The van der Waals surface area contributed by atoms with Gasteiger partial charge in [-0.05, 0) is 24.7 Å². The van der Waals surface area contributed by atoms with Crippen LogP contribution in [0.25, 0.3) is 0 Å². The van der Waals surface area contributed by atoms with E-state index in [9.17, 15) is 4.79 Å². The lowest BCUT2D eigenvalue weighted by Crippen LogP contribution is -2.17. The van der Waals surface area contributed by atoms with Crippen molar-refractivity contribution in [1.82, 2.24) is 30.0 Å². The van der Waals surface area contributed by atoms with Crippen LogP contribution in [0, 0.1) is 0 Å². The molecule has 8 heteroatoms. The quantitative estimate of drug-likeness (QED) is 0.742. The van der Waals surface area contributed by atoms with E-state index in [0.717, 1.165) is 25.1 Å². The Hall–Kier alpha value is -1.67. The zero-order valence-electron chi connectivity index (χ0n) is 11.6. The first kappa shape index (κ1) is 14.7. The van der Waals surface area contributed by atoms with Crippen LogP contribution in [-0.4, -0.2) is 31.3 Å². The Labute approximate surface area is 121 Å². The van der Waals surface area contributed by atoms with Gasteiger partial charge in [-0.3, -0.25) is 4.57 Å². The first-order chi connectivity index (χ1) is 9.74. The van der Waals surface area contributed by atoms with Crippen molar-refractivity contribution in [2.24, 2.45) is 0 Å². The number of hydrogen-bond acceptors (Lipinski definition) is 6. The summed E-state index contributed by atoms with van der Waals surface area (Å²) in [5.74, 6) is 0. The predicted molar refractivity (Wildman–Crippen MR) is 76.7 cm³/mol. The molecule has 0 saturated heterocycles. The Morgan fingerprint density at radius 3 is 2.75 bits per heavy atom. The van der Waals surface area contributed by atoms with Crippen molar-refractivity contribution in [3.05, 3.63) is 28.4 Å². The van der Waals surface area contributed by atoms with Crippen molar-refractivity contribution >= 4 is 11.8 Å². The van der Waals surface area contributed by atoms with E-state index in [1.807, 2.05) is 6.92 Å². The first-order valence-electron chi connectivity index (χ1n) is 6.59. The fraction of sp³-hybridized carbons (Fsp3) is 0.500. The Morgan fingerprint density at radius 2 is 2.10 bits per heavy atom. The molecule has 0 radical (unpaired) electrons. The molecule has 108 valence electrons. The monoisotopic (exact) mass is 294 g/mol. The third-order valence-corrected chi connectivity index (χ3v) is 3.50. The molecular weight excluding hydrogens is 276 g/mol. The second kappa shape index (κ2) is 7.20. The molecule has 7 nitrogen and oxygen atoms in total. The molecule has 2 heterocycles. The Balaban J connectivity index is 2.08. The summed E-state index contributed by atoms with van der Waals surface area (Å²) in [5.41, 5.74) is 0.835. The molecule has 0 aliphatic heterocycles. The first-order valence-corrected chi connectivity index (χ1v) is 7.41.